The van der Waals surface area contributed by atoms with Crippen molar-refractivity contribution in [2.24, 2.45) is 0 Å². The van der Waals surface area contributed by atoms with Crippen molar-refractivity contribution in [1.29, 1.82) is 0 Å². The van der Waals surface area contributed by atoms with Gasteiger partial charge >= 0.3 is 0 Å². The van der Waals surface area contributed by atoms with E-state index in [0.29, 0.717) is 6.54 Å². The lowest BCUT2D eigenvalue weighted by molar-refractivity contribution is 0.499. The molecule has 0 heterocycles. The molecule has 1 nitrogen and oxygen atoms in total. The molecule has 64 valence electrons. The second kappa shape index (κ2) is 4.96. The first-order valence-electron chi connectivity index (χ1n) is 3.88. The molecule has 0 fully saturated rings. The fraction of sp³-hybridized carbons (Fsp3) is 0.200. The molecule has 0 N–H and O–H groups in total. The van der Waals surface area contributed by atoms with Gasteiger partial charge in [0.05, 0.1) is 0 Å². The molecule has 0 aliphatic heterocycles. The quantitative estimate of drug-likeness (QED) is 0.510. The summed E-state index contributed by atoms with van der Waals surface area (Å²) in [6, 6.07) is 10.1. The van der Waals surface area contributed by atoms with Gasteiger partial charge in [-0.05, 0) is 17.3 Å². The topological polar surface area (TPSA) is 3.24 Å². The summed E-state index contributed by atoms with van der Waals surface area (Å²) in [5.74, 6) is 0. The molecule has 2 heteroatoms. The predicted octanol–water partition coefficient (Wildman–Crippen LogP) is 2.83. The Balaban J connectivity index is 2.46. The summed E-state index contributed by atoms with van der Waals surface area (Å²) in [5, 5.41) is 0. The Bertz CT molecular complexity index is 233. The van der Waals surface area contributed by atoms with Gasteiger partial charge in [-0.1, -0.05) is 36.4 Å². The van der Waals surface area contributed by atoms with Gasteiger partial charge in [-0.15, -0.1) is 6.58 Å². The molecule has 0 saturated carbocycles. The number of benzene rings is 1. The largest absolute Gasteiger partial charge is 0.212 e. The maximum absolute atomic E-state index is 5.88. The number of nitrogens with zero attached hydrogens (tertiary/aromatic N) is 1. The summed E-state index contributed by atoms with van der Waals surface area (Å²) < 4.78 is 1.70. The van der Waals surface area contributed by atoms with E-state index in [4.69, 9.17) is 11.8 Å². The Labute approximate surface area is 78.4 Å². The molecule has 0 atom stereocenters. The normalized spacial score (nSPS) is 10.2. The number of rotatable bonds is 4. The fourth-order valence-electron chi connectivity index (χ4n) is 0.986. The standard InChI is InChI=1S/C10H12ClN/c1-2-8-12(11)9-10-6-4-3-5-7-10/h2-7H,1,8-9H2. The zero-order valence-corrected chi connectivity index (χ0v) is 7.67. The Morgan fingerprint density at radius 1 is 1.33 bits per heavy atom. The molecule has 1 rings (SSSR count). The van der Waals surface area contributed by atoms with Gasteiger partial charge in [-0.2, -0.15) is 0 Å². The highest BCUT2D eigenvalue weighted by Gasteiger charge is 1.97. The van der Waals surface area contributed by atoms with Crippen molar-refractivity contribution >= 4 is 11.8 Å². The van der Waals surface area contributed by atoms with Crippen LogP contribution in [0.5, 0.6) is 0 Å². The first-order chi connectivity index (χ1) is 5.83. The van der Waals surface area contributed by atoms with Crippen molar-refractivity contribution in [3.63, 3.8) is 0 Å². The highest BCUT2D eigenvalue weighted by molar-refractivity contribution is 6.13. The first kappa shape index (κ1) is 9.30. The molecule has 0 spiro atoms. The summed E-state index contributed by atoms with van der Waals surface area (Å²) in [4.78, 5) is 0. The van der Waals surface area contributed by atoms with Gasteiger partial charge in [-0.3, -0.25) is 0 Å². The van der Waals surface area contributed by atoms with Crippen LogP contribution in [0.2, 0.25) is 0 Å². The van der Waals surface area contributed by atoms with E-state index in [0.717, 1.165) is 6.54 Å². The number of halogens is 1. The monoisotopic (exact) mass is 181 g/mol. The van der Waals surface area contributed by atoms with Gasteiger partial charge < -0.3 is 0 Å². The molecule has 0 unspecified atom stereocenters. The van der Waals surface area contributed by atoms with E-state index in [1.807, 2.05) is 18.2 Å². The van der Waals surface area contributed by atoms with Gasteiger partial charge in [0.2, 0.25) is 0 Å². The molecule has 0 aliphatic carbocycles. The maximum Gasteiger partial charge on any atom is 0.0393 e. The Kier molecular flexibility index (Phi) is 3.85. The van der Waals surface area contributed by atoms with E-state index in [9.17, 15) is 0 Å². The minimum atomic E-state index is 0.705. The van der Waals surface area contributed by atoms with Crippen LogP contribution in [0.15, 0.2) is 43.0 Å². The molecule has 1 aromatic carbocycles. The molecular formula is C10H12ClN. The zero-order valence-electron chi connectivity index (χ0n) is 6.91. The third-order valence-corrected chi connectivity index (χ3v) is 1.78. The molecule has 0 amide bonds. The van der Waals surface area contributed by atoms with Gasteiger partial charge in [0.25, 0.3) is 0 Å². The van der Waals surface area contributed by atoms with Crippen LogP contribution in [0.3, 0.4) is 0 Å². The molecule has 0 bridgehead atoms. The summed E-state index contributed by atoms with van der Waals surface area (Å²) in [7, 11) is 0. The minimum absolute atomic E-state index is 0.705. The maximum atomic E-state index is 5.88. The van der Waals surface area contributed by atoms with Gasteiger partial charge in [-0.25, -0.2) is 4.42 Å². The summed E-state index contributed by atoms with van der Waals surface area (Å²) in [6.45, 7) is 5.08. The fourth-order valence-corrected chi connectivity index (χ4v) is 1.22. The van der Waals surface area contributed by atoms with Crippen molar-refractivity contribution < 1.29 is 0 Å². The molecule has 0 radical (unpaired) electrons. The molecule has 0 aromatic heterocycles. The van der Waals surface area contributed by atoms with Crippen molar-refractivity contribution in [1.82, 2.24) is 4.42 Å². The van der Waals surface area contributed by atoms with Crippen molar-refractivity contribution in [2.45, 2.75) is 6.54 Å². The highest BCUT2D eigenvalue weighted by Crippen LogP contribution is 2.05. The molecule has 0 saturated heterocycles. The molecular weight excluding hydrogens is 170 g/mol. The lowest BCUT2D eigenvalue weighted by Gasteiger charge is -2.10. The van der Waals surface area contributed by atoms with Crippen LogP contribution >= 0.6 is 11.8 Å². The van der Waals surface area contributed by atoms with Crippen LogP contribution in [-0.4, -0.2) is 11.0 Å². The number of hydrogen-bond acceptors (Lipinski definition) is 1. The van der Waals surface area contributed by atoms with Crippen molar-refractivity contribution in [3.8, 4) is 0 Å². The van der Waals surface area contributed by atoms with E-state index in [1.54, 1.807) is 10.5 Å². The lowest BCUT2D eigenvalue weighted by Crippen LogP contribution is -2.10. The van der Waals surface area contributed by atoms with E-state index in [2.05, 4.69) is 18.7 Å². The van der Waals surface area contributed by atoms with Gasteiger partial charge in [0.1, 0.15) is 0 Å². The van der Waals surface area contributed by atoms with Gasteiger partial charge in [0, 0.05) is 13.1 Å². The van der Waals surface area contributed by atoms with E-state index in [1.165, 1.54) is 5.56 Å². The molecule has 1 aromatic rings. The zero-order chi connectivity index (χ0) is 8.81. The Morgan fingerprint density at radius 3 is 2.58 bits per heavy atom. The Hall–Kier alpha value is -0.790. The first-order valence-corrected chi connectivity index (χ1v) is 4.22. The second-order valence-corrected chi connectivity index (χ2v) is 3.06. The molecule has 12 heavy (non-hydrogen) atoms. The predicted molar refractivity (Wildman–Crippen MR) is 52.9 cm³/mol. The summed E-state index contributed by atoms with van der Waals surface area (Å²) >= 11 is 5.88. The van der Waals surface area contributed by atoms with Crippen molar-refractivity contribution in [2.75, 3.05) is 6.54 Å². The van der Waals surface area contributed by atoms with Crippen LogP contribution in [0.1, 0.15) is 5.56 Å². The smallest absolute Gasteiger partial charge is 0.0393 e. The third kappa shape index (κ3) is 3.07. The SMILES string of the molecule is C=CCN(Cl)Cc1ccccc1. The average molecular weight is 182 g/mol. The van der Waals surface area contributed by atoms with E-state index < -0.39 is 0 Å². The number of hydrogen-bond donors (Lipinski definition) is 0. The average Bonchev–Trinajstić information content (AvgIpc) is 2.06. The highest BCUT2D eigenvalue weighted by atomic mass is 35.5. The molecule has 0 aliphatic rings. The summed E-state index contributed by atoms with van der Waals surface area (Å²) in [5.41, 5.74) is 1.22. The minimum Gasteiger partial charge on any atom is -0.212 e. The Morgan fingerprint density at radius 2 is 2.00 bits per heavy atom. The second-order valence-electron chi connectivity index (χ2n) is 2.58. The van der Waals surface area contributed by atoms with Crippen LogP contribution in [0, 0.1) is 0 Å². The van der Waals surface area contributed by atoms with Crippen LogP contribution in [-0.2, 0) is 6.54 Å². The van der Waals surface area contributed by atoms with Crippen LogP contribution in [0.25, 0.3) is 0 Å². The van der Waals surface area contributed by atoms with E-state index >= 15 is 0 Å². The third-order valence-electron chi connectivity index (χ3n) is 1.52. The lowest BCUT2D eigenvalue weighted by atomic mass is 10.2. The van der Waals surface area contributed by atoms with Crippen molar-refractivity contribution in [3.05, 3.63) is 48.6 Å². The van der Waals surface area contributed by atoms with Gasteiger partial charge in [0.15, 0.2) is 0 Å². The van der Waals surface area contributed by atoms with Crippen LogP contribution < -0.4 is 0 Å². The summed E-state index contributed by atoms with van der Waals surface area (Å²) in [6.07, 6.45) is 1.79. The van der Waals surface area contributed by atoms with Crippen LogP contribution in [0.4, 0.5) is 0 Å². The van der Waals surface area contributed by atoms with E-state index in [-0.39, 0.29) is 0 Å².